The van der Waals surface area contributed by atoms with Crippen LogP contribution < -0.4 is 5.32 Å². The van der Waals surface area contributed by atoms with Crippen molar-refractivity contribution in [2.75, 3.05) is 5.32 Å². The van der Waals surface area contributed by atoms with E-state index in [1.165, 1.54) is 11.8 Å². The fourth-order valence-electron chi connectivity index (χ4n) is 3.11. The Hall–Kier alpha value is -3.06. The Balaban J connectivity index is 1.51. The van der Waals surface area contributed by atoms with Gasteiger partial charge in [-0.1, -0.05) is 18.2 Å². The lowest BCUT2D eigenvalue weighted by atomic mass is 10.1. The van der Waals surface area contributed by atoms with Gasteiger partial charge >= 0.3 is 5.97 Å². The molecule has 0 bridgehead atoms. The lowest BCUT2D eigenvalue weighted by Gasteiger charge is -2.21. The number of ketones is 1. The number of para-hydroxylation sites is 1. The van der Waals surface area contributed by atoms with Crippen LogP contribution in [0.25, 0.3) is 10.9 Å². The lowest BCUT2D eigenvalue weighted by molar-refractivity contribution is -0.115. The molecule has 2 N–H and O–H groups in total. The molecule has 0 fully saturated rings. The molecule has 2 atom stereocenters. The fourth-order valence-corrected chi connectivity index (χ4v) is 4.04. The van der Waals surface area contributed by atoms with Gasteiger partial charge in [-0.2, -0.15) is 0 Å². The predicted molar refractivity (Wildman–Crippen MR) is 108 cm³/mol. The van der Waals surface area contributed by atoms with E-state index in [4.69, 9.17) is 4.74 Å². The SMILES string of the molecule is C[C@@H](OC(=O)c1ccc2c(c1)NC(=O)[C@@H](C)S2)C(=O)c1c[nH]c2ccccc12. The van der Waals surface area contributed by atoms with Crippen molar-refractivity contribution in [1.29, 1.82) is 0 Å². The number of carbonyl (C=O) groups is 3. The number of carbonyl (C=O) groups excluding carboxylic acids is 3. The molecule has 0 aliphatic carbocycles. The average Bonchev–Trinajstić information content (AvgIpc) is 3.12. The van der Waals surface area contributed by atoms with E-state index in [1.807, 2.05) is 31.2 Å². The summed E-state index contributed by atoms with van der Waals surface area (Å²) >= 11 is 1.44. The van der Waals surface area contributed by atoms with Gasteiger partial charge in [-0.15, -0.1) is 11.8 Å². The number of hydrogen-bond donors (Lipinski definition) is 2. The van der Waals surface area contributed by atoms with Gasteiger partial charge in [0.05, 0.1) is 16.5 Å². The Labute approximate surface area is 165 Å². The monoisotopic (exact) mass is 394 g/mol. The van der Waals surface area contributed by atoms with Crippen molar-refractivity contribution in [2.24, 2.45) is 0 Å². The first kappa shape index (κ1) is 18.3. The van der Waals surface area contributed by atoms with E-state index in [0.717, 1.165) is 15.8 Å². The minimum atomic E-state index is -0.938. The number of nitrogens with one attached hydrogen (secondary N) is 2. The Bertz CT molecular complexity index is 1100. The lowest BCUT2D eigenvalue weighted by Crippen LogP contribution is -2.27. The first-order valence-electron chi connectivity index (χ1n) is 8.87. The molecule has 2 aromatic carbocycles. The second-order valence-corrected chi connectivity index (χ2v) is 8.00. The molecule has 4 rings (SSSR count). The predicted octanol–water partition coefficient (Wildman–Crippen LogP) is 4.03. The Morgan fingerprint density at radius 3 is 2.79 bits per heavy atom. The maximum atomic E-state index is 12.7. The van der Waals surface area contributed by atoms with Crippen LogP contribution in [0.15, 0.2) is 53.6 Å². The van der Waals surface area contributed by atoms with Crippen molar-refractivity contribution in [3.63, 3.8) is 0 Å². The number of Topliss-reactive ketones (excluding diaryl/α,β-unsaturated/α-hetero) is 1. The third kappa shape index (κ3) is 3.29. The van der Waals surface area contributed by atoms with Crippen molar-refractivity contribution in [3.8, 4) is 0 Å². The Morgan fingerprint density at radius 1 is 1.18 bits per heavy atom. The molecule has 1 aromatic heterocycles. The van der Waals surface area contributed by atoms with Crippen LogP contribution in [0.2, 0.25) is 0 Å². The molecule has 3 aromatic rings. The van der Waals surface area contributed by atoms with Crippen LogP contribution in [0, 0.1) is 0 Å². The highest BCUT2D eigenvalue weighted by molar-refractivity contribution is 8.00. The fraction of sp³-hybridized carbons (Fsp3) is 0.190. The number of aromatic nitrogens is 1. The van der Waals surface area contributed by atoms with Crippen LogP contribution in [0.3, 0.4) is 0 Å². The van der Waals surface area contributed by atoms with E-state index in [-0.39, 0.29) is 22.5 Å². The van der Waals surface area contributed by atoms with E-state index in [1.54, 1.807) is 31.3 Å². The number of benzene rings is 2. The van der Waals surface area contributed by atoms with E-state index in [9.17, 15) is 14.4 Å². The van der Waals surface area contributed by atoms with Crippen LogP contribution >= 0.6 is 11.8 Å². The highest BCUT2D eigenvalue weighted by atomic mass is 32.2. The first-order valence-corrected chi connectivity index (χ1v) is 9.75. The van der Waals surface area contributed by atoms with Crippen LogP contribution in [-0.2, 0) is 9.53 Å². The maximum absolute atomic E-state index is 12.7. The molecular weight excluding hydrogens is 376 g/mol. The molecule has 1 aliphatic heterocycles. The van der Waals surface area contributed by atoms with Gasteiger partial charge in [0.25, 0.3) is 0 Å². The number of rotatable bonds is 4. The number of thioether (sulfide) groups is 1. The van der Waals surface area contributed by atoms with Gasteiger partial charge in [-0.3, -0.25) is 9.59 Å². The van der Waals surface area contributed by atoms with Crippen molar-refractivity contribution >= 4 is 46.0 Å². The van der Waals surface area contributed by atoms with Gasteiger partial charge in [-0.25, -0.2) is 4.79 Å². The minimum absolute atomic E-state index is 0.106. The number of aromatic amines is 1. The maximum Gasteiger partial charge on any atom is 0.338 e. The number of amides is 1. The van der Waals surface area contributed by atoms with Crippen molar-refractivity contribution in [2.45, 2.75) is 30.1 Å². The third-order valence-corrected chi connectivity index (χ3v) is 5.83. The number of ether oxygens (including phenoxy) is 1. The summed E-state index contributed by atoms with van der Waals surface area (Å²) in [5.41, 5.74) is 2.20. The summed E-state index contributed by atoms with van der Waals surface area (Å²) in [4.78, 5) is 41.1. The average molecular weight is 394 g/mol. The first-order chi connectivity index (χ1) is 13.4. The molecule has 28 heavy (non-hydrogen) atoms. The summed E-state index contributed by atoms with van der Waals surface area (Å²) in [6.07, 6.45) is 0.691. The number of anilines is 1. The summed E-state index contributed by atoms with van der Waals surface area (Å²) in [7, 11) is 0. The van der Waals surface area contributed by atoms with E-state index in [2.05, 4.69) is 10.3 Å². The quantitative estimate of drug-likeness (QED) is 0.515. The van der Waals surface area contributed by atoms with Crippen LogP contribution in [0.5, 0.6) is 0 Å². The van der Waals surface area contributed by atoms with E-state index < -0.39 is 12.1 Å². The summed E-state index contributed by atoms with van der Waals surface area (Å²) in [5.74, 6) is -0.992. The largest absolute Gasteiger partial charge is 0.451 e. The zero-order chi connectivity index (χ0) is 19.8. The van der Waals surface area contributed by atoms with Gasteiger partial charge in [-0.05, 0) is 38.1 Å². The topological polar surface area (TPSA) is 88.3 Å². The minimum Gasteiger partial charge on any atom is -0.451 e. The highest BCUT2D eigenvalue weighted by Crippen LogP contribution is 2.36. The molecule has 7 heteroatoms. The number of H-pyrrole nitrogens is 1. The molecular formula is C21H18N2O4S. The summed E-state index contributed by atoms with van der Waals surface area (Å²) < 4.78 is 5.39. The van der Waals surface area contributed by atoms with Crippen LogP contribution in [-0.4, -0.2) is 34.0 Å². The zero-order valence-corrected chi connectivity index (χ0v) is 16.1. The van der Waals surface area contributed by atoms with Crippen LogP contribution in [0.4, 0.5) is 5.69 Å². The van der Waals surface area contributed by atoms with Gasteiger partial charge in [0, 0.05) is 27.6 Å². The molecule has 0 spiro atoms. The molecule has 0 unspecified atom stereocenters. The second kappa shape index (κ2) is 7.16. The smallest absolute Gasteiger partial charge is 0.338 e. The van der Waals surface area contributed by atoms with Crippen molar-refractivity contribution in [1.82, 2.24) is 4.98 Å². The van der Waals surface area contributed by atoms with E-state index >= 15 is 0 Å². The highest BCUT2D eigenvalue weighted by Gasteiger charge is 2.26. The molecule has 1 aliphatic rings. The molecule has 6 nitrogen and oxygen atoms in total. The van der Waals surface area contributed by atoms with Crippen molar-refractivity contribution in [3.05, 3.63) is 59.8 Å². The van der Waals surface area contributed by atoms with Gasteiger partial charge in [0.1, 0.15) is 0 Å². The normalized spacial score (nSPS) is 16.9. The summed E-state index contributed by atoms with van der Waals surface area (Å²) in [6, 6.07) is 12.5. The number of hydrogen-bond acceptors (Lipinski definition) is 5. The standard InChI is InChI=1S/C21H18N2O4S/c1-11(19(24)15-10-22-16-6-4-3-5-14(15)16)27-21(26)13-7-8-18-17(9-13)23-20(25)12(2)28-18/h3-12,22H,1-2H3,(H,23,25)/t11-,12-/m1/s1. The van der Waals surface area contributed by atoms with Gasteiger partial charge in [0.15, 0.2) is 6.10 Å². The molecule has 1 amide bonds. The zero-order valence-electron chi connectivity index (χ0n) is 15.3. The Morgan fingerprint density at radius 2 is 1.96 bits per heavy atom. The van der Waals surface area contributed by atoms with Gasteiger partial charge < -0.3 is 15.0 Å². The molecule has 0 saturated heterocycles. The van der Waals surface area contributed by atoms with Gasteiger partial charge in [0.2, 0.25) is 11.7 Å². The molecule has 0 radical (unpaired) electrons. The summed E-state index contributed by atoms with van der Waals surface area (Å²) in [6.45, 7) is 3.38. The number of esters is 1. The molecule has 142 valence electrons. The Kier molecular flexibility index (Phi) is 4.68. The second-order valence-electron chi connectivity index (χ2n) is 6.62. The van der Waals surface area contributed by atoms with Crippen LogP contribution in [0.1, 0.15) is 34.6 Å². The molecule has 2 heterocycles. The molecule has 0 saturated carbocycles. The van der Waals surface area contributed by atoms with Crippen molar-refractivity contribution < 1.29 is 19.1 Å². The third-order valence-electron chi connectivity index (χ3n) is 4.65. The van der Waals surface area contributed by atoms with E-state index in [0.29, 0.717) is 11.3 Å². The summed E-state index contributed by atoms with van der Waals surface area (Å²) in [5, 5.41) is 3.39. The number of fused-ring (bicyclic) bond motifs is 2.